The van der Waals surface area contributed by atoms with Crippen LogP contribution in [-0.2, 0) is 33.6 Å². The molecular formula is C97H97N21O9. The first-order chi connectivity index (χ1) is 61.3. The number of anilines is 14. The predicted molar refractivity (Wildman–Crippen MR) is 500 cm³/mol. The van der Waals surface area contributed by atoms with Crippen molar-refractivity contribution in [3.8, 4) is 0 Å². The van der Waals surface area contributed by atoms with E-state index in [0.717, 1.165) is 164 Å². The highest BCUT2D eigenvalue weighted by Gasteiger charge is 2.31. The number of furan rings is 1. The van der Waals surface area contributed by atoms with E-state index in [1.807, 2.05) is 179 Å². The van der Waals surface area contributed by atoms with E-state index >= 15 is 0 Å². The molecule has 8 aliphatic heterocycles. The van der Waals surface area contributed by atoms with E-state index in [-0.39, 0.29) is 65.3 Å². The van der Waals surface area contributed by atoms with Crippen LogP contribution in [0.25, 0.3) is 11.0 Å². The Morgan fingerprint density at radius 3 is 1.38 bits per heavy atom. The average molecular weight is 1700 g/mol. The van der Waals surface area contributed by atoms with E-state index in [0.29, 0.717) is 83.3 Å². The number of para-hydroxylation sites is 3. The Balaban J connectivity index is 0.000000118. The third kappa shape index (κ3) is 21.1. The van der Waals surface area contributed by atoms with Crippen LogP contribution < -0.4 is 84.7 Å². The van der Waals surface area contributed by atoms with E-state index in [1.54, 1.807) is 44.6 Å². The van der Waals surface area contributed by atoms with Gasteiger partial charge >= 0.3 is 0 Å². The van der Waals surface area contributed by atoms with Gasteiger partial charge in [-0.3, -0.25) is 38.4 Å². The van der Waals surface area contributed by atoms with Gasteiger partial charge in [-0.15, -0.1) is 0 Å². The molecule has 2 fully saturated rings. The molecule has 644 valence electrons. The smallest absolute Gasteiger partial charge is 0.259 e. The summed E-state index contributed by atoms with van der Waals surface area (Å²) in [6.45, 7) is 29.0. The SMILES string of the molecule is C=C1Cc2cc(C(=O)NC3CCN(C(C)=O)CC3)cnc2N1.C=C1Cc2cc(C(=O)Nc3ccccc3)cnc2N1.C=C1Nc2ccc(C(=O)NC3CCN(C(C)=O)CC3)cc2N1.C=C1Nc2ccc(NC(=O)C3CCc4ccccc43)cc2N1.C=C1Nc2ccc(NC(=O)c3coc4ccccc34)cc2N1.C=C1Nc2ncc(C(=O)Nc3ccccc3)cc2N1C. The van der Waals surface area contributed by atoms with Gasteiger partial charge in [-0.05, 0) is 153 Å². The average Bonchev–Trinajstić information content (AvgIpc) is 1.67. The molecule has 2 saturated heterocycles. The summed E-state index contributed by atoms with van der Waals surface area (Å²) in [5, 5.41) is 46.3. The van der Waals surface area contributed by atoms with Crippen molar-refractivity contribution in [2.45, 2.75) is 83.2 Å². The Kier molecular flexibility index (Phi) is 25.9. The minimum atomic E-state index is -0.199. The third-order valence-corrected chi connectivity index (χ3v) is 22.4. The molecule has 4 aromatic heterocycles. The lowest BCUT2D eigenvalue weighted by Gasteiger charge is -2.31. The first-order valence-electron chi connectivity index (χ1n) is 41.5. The minimum absolute atomic E-state index is 0.0505. The number of likely N-dealkylation sites (tertiary alicyclic amines) is 2. The zero-order valence-electron chi connectivity index (χ0n) is 70.4. The molecule has 0 spiro atoms. The third-order valence-electron chi connectivity index (χ3n) is 22.4. The molecule has 20 rings (SSSR count). The first-order valence-corrected chi connectivity index (χ1v) is 41.5. The van der Waals surface area contributed by atoms with E-state index in [1.165, 1.54) is 11.8 Å². The molecule has 0 radical (unpaired) electrons. The molecule has 11 aromatic rings. The fraction of sp³-hybridized carbons (Fsp3) is 0.186. The molecule has 0 bridgehead atoms. The van der Waals surface area contributed by atoms with Crippen molar-refractivity contribution in [1.29, 1.82) is 0 Å². The van der Waals surface area contributed by atoms with Crippen LogP contribution >= 0.6 is 0 Å². The normalized spacial score (nSPS) is 15.4. The zero-order valence-corrected chi connectivity index (χ0v) is 70.4. The van der Waals surface area contributed by atoms with Crippen LogP contribution in [0.5, 0.6) is 0 Å². The Morgan fingerprint density at radius 1 is 0.402 bits per heavy atom. The van der Waals surface area contributed by atoms with Gasteiger partial charge in [-0.1, -0.05) is 118 Å². The van der Waals surface area contributed by atoms with Crippen molar-refractivity contribution >= 4 is 138 Å². The molecule has 9 aliphatic rings. The van der Waals surface area contributed by atoms with Gasteiger partial charge < -0.3 is 98.9 Å². The lowest BCUT2D eigenvalue weighted by molar-refractivity contribution is -0.130. The zero-order chi connectivity index (χ0) is 88.9. The van der Waals surface area contributed by atoms with Crippen molar-refractivity contribution in [2.24, 2.45) is 0 Å². The summed E-state index contributed by atoms with van der Waals surface area (Å²) >= 11 is 0. The first kappa shape index (κ1) is 85.7. The molecule has 7 aromatic carbocycles. The summed E-state index contributed by atoms with van der Waals surface area (Å²) in [6.07, 6.45) is 12.7. The summed E-state index contributed by atoms with van der Waals surface area (Å²) in [5.74, 6) is 4.72. The lowest BCUT2D eigenvalue weighted by Crippen LogP contribution is -2.46. The molecule has 15 N–H and O–H groups in total. The van der Waals surface area contributed by atoms with Gasteiger partial charge in [0.25, 0.3) is 29.5 Å². The molecule has 30 heteroatoms. The Bertz CT molecular complexity index is 6100. The van der Waals surface area contributed by atoms with Gasteiger partial charge in [-0.2, -0.15) is 0 Å². The number of piperidine rings is 2. The number of aromatic nitrogens is 3. The van der Waals surface area contributed by atoms with Crippen LogP contribution in [0.3, 0.4) is 0 Å². The Labute approximate surface area is 734 Å². The van der Waals surface area contributed by atoms with E-state index in [9.17, 15) is 38.4 Å². The van der Waals surface area contributed by atoms with Gasteiger partial charge in [0.2, 0.25) is 17.7 Å². The number of allylic oxidation sites excluding steroid dienone is 2. The predicted octanol–water partition coefficient (Wildman–Crippen LogP) is 16.2. The van der Waals surface area contributed by atoms with Crippen LogP contribution in [0.2, 0.25) is 0 Å². The number of nitrogens with one attached hydrogen (secondary N) is 15. The standard InChI is InChI=1S/C18H17N3O.C17H13N3O2.2C16H20N4O2.C15H14N4O.C15H13N3O/c1-11-19-16-9-7-13(10-17(16)20-11)21-18(22)15-8-6-12-4-2-3-5-14(12)15;1-10-18-14-7-6-11(8-15(14)19-10)20-17(21)13-9-22-16-5-3-2-4-12(13)16;1-10-7-12-8-13(9-17-15(12)18-10)16(22)19-14-3-5-20(6-4-14)11(2)21;1-10-17-14-4-3-12(9-15(14)18-10)16(22)19-13-5-7-20(8-6-13)11(2)21;1-10-17-14-13(19(10)2)8-11(9-16-14)15(20)18-12-6-4-3-5-7-12;1-10-7-11-8-12(9-16-14(11)17-10)15(19)18-13-5-3-2-4-6-13/h2-5,7,9-10,15,19-20H,1,6,8H2,(H,21,22);2-9,18-19H,1H2,(H,20,21);8-9,14H,1,3-7H2,2H3,(H,17,18)(H,19,22);3-4,9,13,17-18H,1,5-8H2,2H3,(H,19,22);3-9H,1H2,2H3,(H,16,17)(H,18,20);2-6,8-9H,1,7H2,(H,16,17)(H,18,19). The van der Waals surface area contributed by atoms with Crippen LogP contribution in [0.1, 0.15) is 126 Å². The summed E-state index contributed by atoms with van der Waals surface area (Å²) < 4.78 is 5.40. The fourth-order valence-corrected chi connectivity index (χ4v) is 15.7. The highest BCUT2D eigenvalue weighted by atomic mass is 16.3. The van der Waals surface area contributed by atoms with Crippen LogP contribution in [0, 0.1) is 0 Å². The summed E-state index contributed by atoms with van der Waals surface area (Å²) in [6, 6.07) is 57.0. The number of hydrogen-bond donors (Lipinski definition) is 15. The van der Waals surface area contributed by atoms with E-state index < -0.39 is 0 Å². The Morgan fingerprint density at radius 2 is 0.843 bits per heavy atom. The summed E-state index contributed by atoms with van der Waals surface area (Å²) in [7, 11) is 1.88. The maximum atomic E-state index is 12.6. The highest BCUT2D eigenvalue weighted by Crippen LogP contribution is 2.39. The molecule has 30 nitrogen and oxygen atoms in total. The summed E-state index contributed by atoms with van der Waals surface area (Å²) in [4.78, 5) is 115. The monoisotopic (exact) mass is 1700 g/mol. The van der Waals surface area contributed by atoms with Crippen molar-refractivity contribution in [2.75, 3.05) is 107 Å². The second-order valence-corrected chi connectivity index (χ2v) is 31.5. The number of aryl methyl sites for hydroxylation is 1. The number of fused-ring (bicyclic) bond motifs is 8. The second kappa shape index (κ2) is 38.4. The fourth-order valence-electron chi connectivity index (χ4n) is 15.7. The number of nitrogens with zero attached hydrogens (tertiary/aromatic N) is 6. The minimum Gasteiger partial charge on any atom is -0.463 e. The van der Waals surface area contributed by atoms with Crippen molar-refractivity contribution in [1.82, 2.24) is 35.4 Å². The molecular weight excluding hydrogens is 1600 g/mol. The molecule has 8 amide bonds. The molecule has 0 saturated carbocycles. The topological polar surface area (TPSA) is 379 Å². The number of pyridine rings is 3. The number of rotatable bonds is 12. The van der Waals surface area contributed by atoms with Gasteiger partial charge in [0.15, 0.2) is 5.82 Å². The largest absolute Gasteiger partial charge is 0.463 e. The quantitative estimate of drug-likeness (QED) is 0.0540. The molecule has 1 unspecified atom stereocenters. The maximum Gasteiger partial charge on any atom is 0.259 e. The van der Waals surface area contributed by atoms with Crippen molar-refractivity contribution in [3.05, 3.63) is 331 Å². The van der Waals surface area contributed by atoms with Gasteiger partial charge in [0.1, 0.15) is 46.8 Å². The highest BCUT2D eigenvalue weighted by molar-refractivity contribution is 6.13. The summed E-state index contributed by atoms with van der Waals surface area (Å²) in [5.41, 5.74) is 19.2. The maximum absolute atomic E-state index is 12.6. The van der Waals surface area contributed by atoms with Crippen molar-refractivity contribution < 1.29 is 42.8 Å². The van der Waals surface area contributed by atoms with Gasteiger partial charge in [0.05, 0.1) is 68.0 Å². The number of benzene rings is 7. The van der Waals surface area contributed by atoms with Gasteiger partial charge in [0, 0.05) is 147 Å². The molecule has 1 aliphatic carbocycles. The Hall–Kier alpha value is -16.3. The van der Waals surface area contributed by atoms with Crippen LogP contribution in [-0.4, -0.2) is 117 Å². The molecule has 12 heterocycles. The van der Waals surface area contributed by atoms with Crippen LogP contribution in [0.15, 0.2) is 285 Å². The van der Waals surface area contributed by atoms with Crippen LogP contribution in [0.4, 0.5) is 80.0 Å². The molecule has 127 heavy (non-hydrogen) atoms. The van der Waals surface area contributed by atoms with E-state index in [4.69, 9.17) is 4.42 Å². The van der Waals surface area contributed by atoms with E-state index in [2.05, 4.69) is 146 Å². The molecule has 1 atom stereocenters. The second-order valence-electron chi connectivity index (χ2n) is 31.5. The number of carbonyl (C=O) groups is 8. The number of amides is 8. The lowest BCUT2D eigenvalue weighted by atomic mass is 10.0. The van der Waals surface area contributed by atoms with Crippen molar-refractivity contribution in [3.63, 3.8) is 0 Å². The number of carbonyl (C=O) groups excluding carboxylic acids is 8. The number of hydrogen-bond acceptors (Lipinski definition) is 22. The van der Waals surface area contributed by atoms with Gasteiger partial charge in [-0.25, -0.2) is 15.0 Å².